The summed E-state index contributed by atoms with van der Waals surface area (Å²) in [6.45, 7) is 12.5. The van der Waals surface area contributed by atoms with Gasteiger partial charge in [0, 0.05) is 35.9 Å². The van der Waals surface area contributed by atoms with Gasteiger partial charge in [0.05, 0.1) is 35.5 Å². The predicted octanol–water partition coefficient (Wildman–Crippen LogP) is 7.36. The van der Waals surface area contributed by atoms with Crippen LogP contribution in [-0.4, -0.2) is 45.1 Å². The molecular formula is C31H34F3N5O. The van der Waals surface area contributed by atoms with E-state index >= 15 is 0 Å². The lowest BCUT2D eigenvalue weighted by molar-refractivity contribution is -0.137. The molecule has 1 aliphatic heterocycles. The number of pyridine rings is 1. The lowest BCUT2D eigenvalue weighted by atomic mass is 9.87. The summed E-state index contributed by atoms with van der Waals surface area (Å²) < 4.78 is 47.1. The molecule has 6 nitrogen and oxygen atoms in total. The summed E-state index contributed by atoms with van der Waals surface area (Å²) in [5.41, 5.74) is 2.08. The van der Waals surface area contributed by atoms with Crippen LogP contribution in [0.4, 0.5) is 24.7 Å². The van der Waals surface area contributed by atoms with Crippen LogP contribution in [0, 0.1) is 0 Å². The van der Waals surface area contributed by atoms with E-state index in [1.165, 1.54) is 17.8 Å². The SMILES string of the molecule is C[C@@H]1CN(Cc2nc(Nc3ccc(C(C)(C)C)cc3)c3ccc(-c4ncccc4C(F)(F)F)cc3n2)C[C@H](C)O1. The van der Waals surface area contributed by atoms with Crippen molar-refractivity contribution in [2.75, 3.05) is 18.4 Å². The third kappa shape index (κ3) is 6.26. The van der Waals surface area contributed by atoms with Gasteiger partial charge in [-0.2, -0.15) is 13.2 Å². The third-order valence-electron chi connectivity index (χ3n) is 7.00. The predicted molar refractivity (Wildman–Crippen MR) is 151 cm³/mol. The maximum absolute atomic E-state index is 13.8. The van der Waals surface area contributed by atoms with Gasteiger partial charge < -0.3 is 10.1 Å². The fraction of sp³-hybridized carbons (Fsp3) is 0.387. The number of aromatic nitrogens is 3. The van der Waals surface area contributed by atoms with Crippen LogP contribution in [0.25, 0.3) is 22.2 Å². The molecular weight excluding hydrogens is 515 g/mol. The number of benzene rings is 2. The number of hydrogen-bond acceptors (Lipinski definition) is 6. The van der Waals surface area contributed by atoms with Crippen molar-refractivity contribution in [3.05, 3.63) is 77.7 Å². The highest BCUT2D eigenvalue weighted by molar-refractivity contribution is 5.93. The van der Waals surface area contributed by atoms with Crippen molar-refractivity contribution in [2.45, 2.75) is 65.0 Å². The smallest absolute Gasteiger partial charge is 0.373 e. The molecule has 2 aromatic carbocycles. The van der Waals surface area contributed by atoms with Gasteiger partial charge in [-0.3, -0.25) is 9.88 Å². The van der Waals surface area contributed by atoms with Crippen molar-refractivity contribution in [1.82, 2.24) is 19.9 Å². The number of alkyl halides is 3. The quantitative estimate of drug-likeness (QED) is 0.281. The Labute approximate surface area is 232 Å². The van der Waals surface area contributed by atoms with Crippen LogP contribution in [0.1, 0.15) is 51.6 Å². The molecule has 1 aliphatic rings. The topological polar surface area (TPSA) is 63.2 Å². The summed E-state index contributed by atoms with van der Waals surface area (Å²) in [5.74, 6) is 1.18. The molecule has 0 spiro atoms. The van der Waals surface area contributed by atoms with Crippen molar-refractivity contribution in [2.24, 2.45) is 0 Å². The Balaban J connectivity index is 1.57. The number of fused-ring (bicyclic) bond motifs is 1. The number of rotatable bonds is 5. The minimum Gasteiger partial charge on any atom is -0.373 e. The first-order valence-electron chi connectivity index (χ1n) is 13.5. The van der Waals surface area contributed by atoms with E-state index in [-0.39, 0.29) is 23.3 Å². The molecule has 0 amide bonds. The van der Waals surface area contributed by atoms with E-state index in [0.717, 1.165) is 24.8 Å². The zero-order valence-electron chi connectivity index (χ0n) is 23.4. The van der Waals surface area contributed by atoms with Crippen molar-refractivity contribution in [3.63, 3.8) is 0 Å². The molecule has 1 fully saturated rings. The van der Waals surface area contributed by atoms with Crippen molar-refractivity contribution in [1.29, 1.82) is 0 Å². The van der Waals surface area contributed by atoms with Gasteiger partial charge in [0.1, 0.15) is 11.6 Å². The van der Waals surface area contributed by atoms with E-state index in [1.54, 1.807) is 18.2 Å². The molecule has 0 aliphatic carbocycles. The second-order valence-corrected chi connectivity index (χ2v) is 11.5. The Hall–Kier alpha value is -3.56. The normalized spacial score (nSPS) is 18.7. The molecule has 1 N–H and O–H groups in total. The number of ether oxygens (including phenoxy) is 1. The molecule has 3 heterocycles. The van der Waals surface area contributed by atoms with Crippen molar-refractivity contribution < 1.29 is 17.9 Å². The van der Waals surface area contributed by atoms with Crippen LogP contribution < -0.4 is 5.32 Å². The van der Waals surface area contributed by atoms with Gasteiger partial charge in [0.2, 0.25) is 0 Å². The first kappa shape index (κ1) is 28.0. The van der Waals surface area contributed by atoms with E-state index in [2.05, 4.69) is 48.1 Å². The summed E-state index contributed by atoms with van der Waals surface area (Å²) in [5, 5.41) is 4.13. The molecule has 2 aromatic heterocycles. The largest absolute Gasteiger partial charge is 0.418 e. The summed E-state index contributed by atoms with van der Waals surface area (Å²) in [6.07, 6.45) is -2.99. The standard InChI is InChI=1S/C31H34F3N5O/c1-19-16-39(17-20(2)40-19)18-27-37-26-15-21(28-25(31(32,33)34)7-6-14-35-28)8-13-24(26)29(38-27)36-23-11-9-22(10-12-23)30(3,4)5/h6-15,19-20H,16-18H2,1-5H3,(H,36,37,38)/t19-,20+. The first-order chi connectivity index (χ1) is 18.9. The minimum absolute atomic E-state index is 0.0247. The Morgan fingerprint density at radius 3 is 2.30 bits per heavy atom. The Bertz CT molecular complexity index is 1490. The zero-order chi connectivity index (χ0) is 28.7. The average Bonchev–Trinajstić information content (AvgIpc) is 2.87. The summed E-state index contributed by atoms with van der Waals surface area (Å²) in [4.78, 5) is 16.0. The van der Waals surface area contributed by atoms with Crippen LogP contribution in [0.3, 0.4) is 0 Å². The molecule has 1 saturated heterocycles. The summed E-state index contributed by atoms with van der Waals surface area (Å²) in [7, 11) is 0. The summed E-state index contributed by atoms with van der Waals surface area (Å²) in [6, 6.07) is 15.6. The van der Waals surface area contributed by atoms with Gasteiger partial charge in [-0.15, -0.1) is 0 Å². The fourth-order valence-electron chi connectivity index (χ4n) is 5.16. The van der Waals surface area contributed by atoms with Crippen LogP contribution in [0.2, 0.25) is 0 Å². The molecule has 4 aromatic rings. The molecule has 0 saturated carbocycles. The second-order valence-electron chi connectivity index (χ2n) is 11.5. The number of halogens is 3. The van der Waals surface area contributed by atoms with Crippen molar-refractivity contribution in [3.8, 4) is 11.3 Å². The van der Waals surface area contributed by atoms with Crippen LogP contribution >= 0.6 is 0 Å². The second kappa shape index (κ2) is 10.8. The highest BCUT2D eigenvalue weighted by Crippen LogP contribution is 2.37. The first-order valence-corrected chi connectivity index (χ1v) is 13.5. The third-order valence-corrected chi connectivity index (χ3v) is 7.00. The Morgan fingerprint density at radius 2 is 1.65 bits per heavy atom. The maximum Gasteiger partial charge on any atom is 0.418 e. The van der Waals surface area contributed by atoms with Crippen LogP contribution in [-0.2, 0) is 22.9 Å². The number of nitrogens with zero attached hydrogens (tertiary/aromatic N) is 4. The van der Waals surface area contributed by atoms with Crippen LogP contribution in [0.5, 0.6) is 0 Å². The highest BCUT2D eigenvalue weighted by Gasteiger charge is 2.34. The number of morpholine rings is 1. The molecule has 0 unspecified atom stereocenters. The fourth-order valence-corrected chi connectivity index (χ4v) is 5.16. The number of nitrogens with one attached hydrogen (secondary N) is 1. The molecule has 40 heavy (non-hydrogen) atoms. The minimum atomic E-state index is -4.52. The lowest BCUT2D eigenvalue weighted by Gasteiger charge is -2.34. The van der Waals surface area contributed by atoms with E-state index in [1.807, 2.05) is 26.0 Å². The molecule has 0 radical (unpaired) electrons. The van der Waals surface area contributed by atoms with Gasteiger partial charge in [0.25, 0.3) is 0 Å². The number of anilines is 2. The molecule has 0 bridgehead atoms. The van der Waals surface area contributed by atoms with E-state index < -0.39 is 11.7 Å². The van der Waals surface area contributed by atoms with Crippen LogP contribution in [0.15, 0.2) is 60.8 Å². The van der Waals surface area contributed by atoms with Gasteiger partial charge >= 0.3 is 6.18 Å². The molecule has 9 heteroatoms. The van der Waals surface area contributed by atoms with E-state index in [0.29, 0.717) is 34.7 Å². The molecule has 2 atom stereocenters. The van der Waals surface area contributed by atoms with Gasteiger partial charge in [-0.25, -0.2) is 9.97 Å². The Kier molecular flexibility index (Phi) is 7.54. The average molecular weight is 550 g/mol. The zero-order valence-corrected chi connectivity index (χ0v) is 23.4. The van der Waals surface area contributed by atoms with Gasteiger partial charge in [-0.05, 0) is 61.2 Å². The van der Waals surface area contributed by atoms with Gasteiger partial charge in [0.15, 0.2) is 0 Å². The van der Waals surface area contributed by atoms with E-state index in [9.17, 15) is 13.2 Å². The van der Waals surface area contributed by atoms with Gasteiger partial charge in [-0.1, -0.05) is 39.0 Å². The molecule has 210 valence electrons. The lowest BCUT2D eigenvalue weighted by Crippen LogP contribution is -2.45. The van der Waals surface area contributed by atoms with E-state index in [4.69, 9.17) is 14.7 Å². The highest BCUT2D eigenvalue weighted by atomic mass is 19.4. The monoisotopic (exact) mass is 549 g/mol. The summed E-state index contributed by atoms with van der Waals surface area (Å²) >= 11 is 0. The number of hydrogen-bond donors (Lipinski definition) is 1. The maximum atomic E-state index is 13.8. The Morgan fingerprint density at radius 1 is 0.950 bits per heavy atom. The van der Waals surface area contributed by atoms with Crippen molar-refractivity contribution >= 4 is 22.4 Å². The molecule has 5 rings (SSSR count).